The van der Waals surface area contributed by atoms with Crippen LogP contribution in [0.25, 0.3) is 87.7 Å². The fourth-order valence-electron chi connectivity index (χ4n) is 12.7. The Bertz CT molecular complexity index is 4490. The Morgan fingerprint density at radius 2 is 0.922 bits per heavy atom. The zero-order chi connectivity index (χ0) is 52.5. The molecule has 0 unspecified atom stereocenters. The number of anilines is 6. The van der Waals surface area contributed by atoms with Crippen LogP contribution in [-0.2, 0) is 16.2 Å². The highest BCUT2D eigenvalue weighted by molar-refractivity contribution is 6.17. The second-order valence-electron chi connectivity index (χ2n) is 23.7. The quantitative estimate of drug-likeness (QED) is 0.159. The smallest absolute Gasteiger partial charge is 0.159 e. The van der Waals surface area contributed by atoms with Gasteiger partial charge in [0.15, 0.2) is 11.2 Å². The molecule has 0 radical (unpaired) electrons. The van der Waals surface area contributed by atoms with Gasteiger partial charge in [0.05, 0.1) is 17.1 Å². The van der Waals surface area contributed by atoms with E-state index < -0.39 is 0 Å². The molecule has 14 rings (SSSR count). The number of para-hydroxylation sites is 6. The fraction of sp³-hybridized carbons (Fsp3) is 0.151. The molecule has 4 heteroatoms. The summed E-state index contributed by atoms with van der Waals surface area (Å²) in [6.45, 7) is 18.4. The van der Waals surface area contributed by atoms with Gasteiger partial charge in [0, 0.05) is 66.1 Å². The molecule has 0 aliphatic heterocycles. The summed E-state index contributed by atoms with van der Waals surface area (Å²) in [6, 6.07) is 80.0. The highest BCUT2D eigenvalue weighted by atomic mass is 16.3. The molecule has 2 aromatic heterocycles. The van der Waals surface area contributed by atoms with Crippen LogP contribution in [0, 0.1) is 0 Å². The van der Waals surface area contributed by atoms with E-state index in [1.807, 2.05) is 0 Å². The molecule has 374 valence electrons. The van der Waals surface area contributed by atoms with Crippen LogP contribution in [0.3, 0.4) is 0 Å². The average molecular weight is 997 g/mol. The Kier molecular flexibility index (Phi) is 10.3. The fourth-order valence-corrected chi connectivity index (χ4v) is 12.7. The van der Waals surface area contributed by atoms with Gasteiger partial charge in [-0.05, 0) is 109 Å². The topological polar surface area (TPSA) is 32.8 Å². The van der Waals surface area contributed by atoms with Crippen LogP contribution in [0.15, 0.2) is 227 Å². The maximum absolute atomic E-state index is 7.18. The number of rotatable bonds is 7. The van der Waals surface area contributed by atoms with Crippen LogP contribution in [0.1, 0.15) is 77.6 Å². The van der Waals surface area contributed by atoms with Crippen LogP contribution < -0.4 is 9.80 Å². The minimum atomic E-state index is -0.358. The molecular formula is C73H60N2O2. The summed E-state index contributed by atoms with van der Waals surface area (Å²) in [7, 11) is 0. The number of nitrogens with zero attached hydrogens (tertiary/aromatic N) is 2. The molecule has 4 nitrogen and oxygen atoms in total. The Labute approximate surface area is 450 Å². The molecule has 2 heterocycles. The van der Waals surface area contributed by atoms with E-state index >= 15 is 0 Å². The van der Waals surface area contributed by atoms with E-state index in [-0.39, 0.29) is 16.2 Å². The number of furan rings is 2. The van der Waals surface area contributed by atoms with Gasteiger partial charge in [0.1, 0.15) is 11.2 Å². The van der Waals surface area contributed by atoms with Gasteiger partial charge in [0.25, 0.3) is 0 Å². The molecule has 0 bridgehead atoms. The highest BCUT2D eigenvalue weighted by Crippen LogP contribution is 2.59. The Balaban J connectivity index is 0.960. The Morgan fingerprint density at radius 3 is 1.58 bits per heavy atom. The lowest BCUT2D eigenvalue weighted by molar-refractivity contribution is 0.573. The van der Waals surface area contributed by atoms with Gasteiger partial charge in [-0.15, -0.1) is 0 Å². The van der Waals surface area contributed by atoms with Crippen molar-refractivity contribution in [2.75, 3.05) is 9.80 Å². The van der Waals surface area contributed by atoms with Gasteiger partial charge >= 0.3 is 0 Å². The van der Waals surface area contributed by atoms with E-state index in [2.05, 4.69) is 284 Å². The minimum Gasteiger partial charge on any atom is -0.454 e. The zero-order valence-corrected chi connectivity index (χ0v) is 45.0. The molecule has 0 amide bonds. The summed E-state index contributed by atoms with van der Waals surface area (Å²) in [5.41, 5.74) is 19.3. The molecule has 0 spiro atoms. The SMILES string of the molecule is CC(C)(C)c1ccc(-c2cccc3c2oc2c(N(c4ccccc4)c4ccc5c6c(ccc5c4)-c4c(cc5ccccc5c4N(c4ccccc4)c4cccc5c4oc4c(C(C)(C)C)cccc45)C6(C)C)cccc23)cc1. The van der Waals surface area contributed by atoms with Crippen molar-refractivity contribution in [3.8, 4) is 22.3 Å². The van der Waals surface area contributed by atoms with Crippen molar-refractivity contribution >= 4 is 99.5 Å². The molecule has 0 atom stereocenters. The minimum absolute atomic E-state index is 0.0672. The third-order valence-electron chi connectivity index (χ3n) is 16.5. The number of benzene rings is 11. The van der Waals surface area contributed by atoms with Gasteiger partial charge in [-0.2, -0.15) is 0 Å². The Morgan fingerprint density at radius 1 is 0.377 bits per heavy atom. The molecule has 11 aromatic carbocycles. The third kappa shape index (κ3) is 7.26. The van der Waals surface area contributed by atoms with E-state index in [1.54, 1.807) is 0 Å². The van der Waals surface area contributed by atoms with Crippen molar-refractivity contribution in [3.05, 3.63) is 241 Å². The first-order valence-electron chi connectivity index (χ1n) is 27.1. The average Bonchev–Trinajstić information content (AvgIpc) is 4.27. The van der Waals surface area contributed by atoms with Crippen LogP contribution in [0.2, 0.25) is 0 Å². The summed E-state index contributed by atoms with van der Waals surface area (Å²) in [4.78, 5) is 4.84. The normalized spacial score (nSPS) is 13.3. The van der Waals surface area contributed by atoms with Gasteiger partial charge in [0.2, 0.25) is 0 Å². The molecule has 1 aliphatic carbocycles. The van der Waals surface area contributed by atoms with Crippen molar-refractivity contribution in [1.82, 2.24) is 0 Å². The number of hydrogen-bond acceptors (Lipinski definition) is 4. The molecular weight excluding hydrogens is 937 g/mol. The van der Waals surface area contributed by atoms with E-state index in [1.165, 1.54) is 54.9 Å². The lowest BCUT2D eigenvalue weighted by Crippen LogP contribution is -2.17. The Hall–Kier alpha value is -8.86. The van der Waals surface area contributed by atoms with Crippen molar-refractivity contribution in [2.24, 2.45) is 0 Å². The monoisotopic (exact) mass is 996 g/mol. The van der Waals surface area contributed by atoms with E-state index in [0.717, 1.165) is 89.1 Å². The molecule has 13 aromatic rings. The van der Waals surface area contributed by atoms with Gasteiger partial charge in [-0.1, -0.05) is 219 Å². The van der Waals surface area contributed by atoms with Gasteiger partial charge < -0.3 is 18.6 Å². The lowest BCUT2D eigenvalue weighted by atomic mass is 9.79. The van der Waals surface area contributed by atoms with Crippen molar-refractivity contribution in [1.29, 1.82) is 0 Å². The number of fused-ring (bicyclic) bond motifs is 12. The van der Waals surface area contributed by atoms with Gasteiger partial charge in [-0.25, -0.2) is 0 Å². The van der Waals surface area contributed by atoms with E-state index in [4.69, 9.17) is 8.83 Å². The summed E-state index contributed by atoms with van der Waals surface area (Å²) < 4.78 is 14.3. The maximum Gasteiger partial charge on any atom is 0.159 e. The third-order valence-corrected chi connectivity index (χ3v) is 16.5. The summed E-state index contributed by atoms with van der Waals surface area (Å²) in [6.07, 6.45) is 0. The van der Waals surface area contributed by atoms with Gasteiger partial charge in [-0.3, -0.25) is 0 Å². The van der Waals surface area contributed by atoms with Crippen LogP contribution >= 0.6 is 0 Å². The van der Waals surface area contributed by atoms with E-state index in [0.29, 0.717) is 0 Å². The van der Waals surface area contributed by atoms with Crippen molar-refractivity contribution in [2.45, 2.75) is 71.6 Å². The first-order valence-corrected chi connectivity index (χ1v) is 27.1. The van der Waals surface area contributed by atoms with Crippen LogP contribution in [-0.4, -0.2) is 0 Å². The second kappa shape index (κ2) is 17.1. The molecule has 0 saturated carbocycles. The lowest BCUT2D eigenvalue weighted by Gasteiger charge is -2.30. The van der Waals surface area contributed by atoms with Crippen LogP contribution in [0.5, 0.6) is 0 Å². The summed E-state index contributed by atoms with van der Waals surface area (Å²) in [5.74, 6) is 0. The zero-order valence-electron chi connectivity index (χ0n) is 45.0. The van der Waals surface area contributed by atoms with E-state index in [9.17, 15) is 0 Å². The molecule has 0 saturated heterocycles. The standard InChI is InChI=1S/C73H60N2O2/c1-71(2,3)48-38-35-45(36-39-48)54-27-17-28-55-57-30-19-33-62(69(57)76-67(54)55)74(49-22-11-9-12-23-49)51-40-42-52-47(43-51)37-41-59-64-61(73(7,8)65(52)59)44-46-21-15-16-26-53(46)66(64)75(50-24-13-10-14-25-50)63-34-20-31-58-56-29-18-32-60(72(4,5)6)68(56)77-70(58)63/h9-44H,1-8H3. The first-order chi connectivity index (χ1) is 37.2. The largest absolute Gasteiger partial charge is 0.454 e. The molecule has 0 fully saturated rings. The predicted octanol–water partition coefficient (Wildman–Crippen LogP) is 21.3. The highest BCUT2D eigenvalue weighted by Gasteiger charge is 2.41. The van der Waals surface area contributed by atoms with Crippen molar-refractivity contribution < 1.29 is 8.83 Å². The number of hydrogen-bond donors (Lipinski definition) is 0. The molecule has 77 heavy (non-hydrogen) atoms. The second-order valence-corrected chi connectivity index (χ2v) is 23.7. The molecule has 1 aliphatic rings. The molecule has 0 N–H and O–H groups in total. The predicted molar refractivity (Wildman–Crippen MR) is 326 cm³/mol. The van der Waals surface area contributed by atoms with Crippen molar-refractivity contribution in [3.63, 3.8) is 0 Å². The summed E-state index contributed by atoms with van der Waals surface area (Å²) in [5, 5.41) is 9.22. The maximum atomic E-state index is 7.18. The first kappa shape index (κ1) is 46.7. The van der Waals surface area contributed by atoms with Crippen LogP contribution in [0.4, 0.5) is 34.1 Å². The summed E-state index contributed by atoms with van der Waals surface area (Å²) >= 11 is 0.